The molecule has 7 heteroatoms. The van der Waals surface area contributed by atoms with Gasteiger partial charge in [0.05, 0.1) is 16.1 Å². The van der Waals surface area contributed by atoms with Gasteiger partial charge in [-0.1, -0.05) is 54.7 Å². The number of alkyl halides is 1. The summed E-state index contributed by atoms with van der Waals surface area (Å²) in [6.07, 6.45) is 2.07. The highest BCUT2D eigenvalue weighted by atomic mass is 35.5. The van der Waals surface area contributed by atoms with Gasteiger partial charge < -0.3 is 9.72 Å². The van der Waals surface area contributed by atoms with Crippen molar-refractivity contribution in [3.8, 4) is 5.75 Å². The Balaban J connectivity index is 1.47. The normalized spacial score (nSPS) is 21.5. The molecule has 2 aliphatic heterocycles. The Kier molecular flexibility index (Phi) is 7.30. The number of para-hydroxylation sites is 1. The van der Waals surface area contributed by atoms with Crippen LogP contribution in [-0.4, -0.2) is 59.3 Å². The molecule has 0 unspecified atom stereocenters. The number of halogens is 3. The molecule has 1 N–H and O–H groups in total. The van der Waals surface area contributed by atoms with E-state index < -0.39 is 5.67 Å². The van der Waals surface area contributed by atoms with Crippen molar-refractivity contribution in [1.82, 2.24) is 14.8 Å². The van der Waals surface area contributed by atoms with E-state index in [1.165, 1.54) is 17.4 Å². The molecule has 194 valence electrons. The highest BCUT2D eigenvalue weighted by Gasteiger charge is 2.40. The van der Waals surface area contributed by atoms with Crippen LogP contribution in [0.25, 0.3) is 10.9 Å². The Hall–Kier alpha value is -1.79. The molecule has 0 aliphatic carbocycles. The van der Waals surface area contributed by atoms with Crippen molar-refractivity contribution >= 4 is 34.1 Å². The van der Waals surface area contributed by atoms with Gasteiger partial charge in [-0.2, -0.15) is 0 Å². The van der Waals surface area contributed by atoms with Crippen molar-refractivity contribution in [2.45, 2.75) is 58.3 Å². The summed E-state index contributed by atoms with van der Waals surface area (Å²) in [5.41, 5.74) is 2.79. The van der Waals surface area contributed by atoms with E-state index in [1.807, 2.05) is 18.2 Å². The van der Waals surface area contributed by atoms with Gasteiger partial charge in [-0.15, -0.1) is 0 Å². The van der Waals surface area contributed by atoms with Gasteiger partial charge in [0.15, 0.2) is 0 Å². The molecule has 1 fully saturated rings. The van der Waals surface area contributed by atoms with Crippen LogP contribution in [0.5, 0.6) is 5.75 Å². The second kappa shape index (κ2) is 10.2. The number of hydrogen-bond donors (Lipinski definition) is 1. The smallest absolute Gasteiger partial charge is 0.122 e. The van der Waals surface area contributed by atoms with Gasteiger partial charge in [-0.25, -0.2) is 4.39 Å². The van der Waals surface area contributed by atoms with E-state index in [4.69, 9.17) is 27.9 Å². The molecule has 2 aliphatic rings. The van der Waals surface area contributed by atoms with Gasteiger partial charge in [0.2, 0.25) is 0 Å². The Morgan fingerprint density at radius 3 is 2.50 bits per heavy atom. The monoisotopic (exact) mass is 531 g/mol. The largest absolute Gasteiger partial charge is 0.492 e. The lowest BCUT2D eigenvalue weighted by Gasteiger charge is -2.43. The van der Waals surface area contributed by atoms with Crippen LogP contribution in [0.15, 0.2) is 36.4 Å². The molecular weight excluding hydrogens is 496 g/mol. The molecule has 3 aromatic rings. The number of benzene rings is 2. The fourth-order valence-corrected chi connectivity index (χ4v) is 6.49. The summed E-state index contributed by atoms with van der Waals surface area (Å²) in [5, 5.41) is 2.28. The minimum absolute atomic E-state index is 0.114. The average molecular weight is 533 g/mol. The highest BCUT2D eigenvalue weighted by Crippen LogP contribution is 2.46. The van der Waals surface area contributed by atoms with Gasteiger partial charge >= 0.3 is 0 Å². The van der Waals surface area contributed by atoms with Crippen molar-refractivity contribution in [1.29, 1.82) is 0 Å². The number of nitrogens with one attached hydrogen (secondary N) is 1. The lowest BCUT2D eigenvalue weighted by molar-refractivity contribution is 0.0667. The van der Waals surface area contributed by atoms with E-state index in [2.05, 4.69) is 46.8 Å². The highest BCUT2D eigenvalue weighted by molar-refractivity contribution is 6.36. The molecule has 3 heterocycles. The van der Waals surface area contributed by atoms with E-state index in [1.54, 1.807) is 13.8 Å². The maximum absolute atomic E-state index is 15.0. The summed E-state index contributed by atoms with van der Waals surface area (Å²) < 4.78 is 21.1. The number of likely N-dealkylation sites (tertiary alicyclic amines) is 1. The number of H-pyrrole nitrogens is 1. The fourth-order valence-electron chi connectivity index (χ4n) is 5.81. The van der Waals surface area contributed by atoms with Crippen molar-refractivity contribution in [3.05, 3.63) is 63.3 Å². The zero-order valence-corrected chi connectivity index (χ0v) is 23.1. The number of fused-ring (bicyclic) bond motifs is 3. The Morgan fingerprint density at radius 1 is 1.14 bits per heavy atom. The first-order chi connectivity index (χ1) is 17.1. The zero-order valence-electron chi connectivity index (χ0n) is 21.6. The molecule has 2 aromatic carbocycles. The molecule has 1 aromatic heterocycles. The lowest BCUT2D eigenvalue weighted by Crippen LogP contribution is -2.48. The van der Waals surface area contributed by atoms with Crippen LogP contribution < -0.4 is 4.74 Å². The van der Waals surface area contributed by atoms with Gasteiger partial charge in [-0.05, 0) is 56.9 Å². The molecule has 0 amide bonds. The van der Waals surface area contributed by atoms with E-state index in [0.717, 1.165) is 48.7 Å². The summed E-state index contributed by atoms with van der Waals surface area (Å²) in [5.74, 6) is 1.48. The maximum Gasteiger partial charge on any atom is 0.122 e. The third-order valence-corrected chi connectivity index (χ3v) is 8.31. The van der Waals surface area contributed by atoms with E-state index in [9.17, 15) is 0 Å². The average Bonchev–Trinajstić information content (AvgIpc) is 3.14. The first kappa shape index (κ1) is 25.8. The predicted octanol–water partition coefficient (Wildman–Crippen LogP) is 7.28. The second-order valence-electron chi connectivity index (χ2n) is 11.1. The molecule has 2 atom stereocenters. The summed E-state index contributed by atoms with van der Waals surface area (Å²) >= 11 is 13.9. The van der Waals surface area contributed by atoms with E-state index in [0.29, 0.717) is 22.4 Å². The van der Waals surface area contributed by atoms with Gasteiger partial charge in [0.25, 0.3) is 0 Å². The van der Waals surface area contributed by atoms with Gasteiger partial charge in [0.1, 0.15) is 18.0 Å². The number of rotatable bonds is 8. The molecule has 0 bridgehead atoms. The van der Waals surface area contributed by atoms with Crippen molar-refractivity contribution in [2.24, 2.45) is 5.92 Å². The summed E-state index contributed by atoms with van der Waals surface area (Å²) in [7, 11) is 0. The summed E-state index contributed by atoms with van der Waals surface area (Å²) in [6, 6.07) is 11.9. The van der Waals surface area contributed by atoms with Crippen LogP contribution in [0.2, 0.25) is 10.0 Å². The first-order valence-corrected chi connectivity index (χ1v) is 13.8. The van der Waals surface area contributed by atoms with Crippen LogP contribution in [0.1, 0.15) is 57.0 Å². The molecule has 4 nitrogen and oxygen atoms in total. The third-order valence-electron chi connectivity index (χ3n) is 7.69. The van der Waals surface area contributed by atoms with Crippen LogP contribution in [0, 0.1) is 5.92 Å². The SMILES string of the molecule is CCC1CN(CCOc2cc(Cl)c([C@@H]3c4[nH]c5ccccc5c4C[C@@H](C)N3CC(C)(C)F)c(Cl)c2)C1. The minimum atomic E-state index is -1.37. The zero-order chi connectivity index (χ0) is 25.6. The molecule has 0 radical (unpaired) electrons. The maximum atomic E-state index is 15.0. The van der Waals surface area contributed by atoms with E-state index in [-0.39, 0.29) is 18.6 Å². The van der Waals surface area contributed by atoms with Crippen LogP contribution >= 0.6 is 23.2 Å². The molecule has 36 heavy (non-hydrogen) atoms. The Bertz CT molecular complexity index is 1210. The van der Waals surface area contributed by atoms with Crippen molar-refractivity contribution in [3.63, 3.8) is 0 Å². The van der Waals surface area contributed by atoms with Gasteiger partial charge in [0, 0.05) is 54.4 Å². The van der Waals surface area contributed by atoms with Crippen LogP contribution in [-0.2, 0) is 6.42 Å². The number of aromatic amines is 1. The summed E-state index contributed by atoms with van der Waals surface area (Å²) in [6.45, 7) is 11.7. The van der Waals surface area contributed by atoms with E-state index >= 15 is 4.39 Å². The second-order valence-corrected chi connectivity index (χ2v) is 11.9. The summed E-state index contributed by atoms with van der Waals surface area (Å²) in [4.78, 5) is 8.22. The first-order valence-electron chi connectivity index (χ1n) is 13.0. The van der Waals surface area contributed by atoms with Crippen molar-refractivity contribution < 1.29 is 9.13 Å². The fraction of sp³-hybridized carbons (Fsp3) is 0.517. The Labute approximate surface area is 223 Å². The molecule has 0 saturated carbocycles. The quantitative estimate of drug-likeness (QED) is 0.331. The number of nitrogens with zero attached hydrogens (tertiary/aromatic N) is 2. The predicted molar refractivity (Wildman–Crippen MR) is 147 cm³/mol. The Morgan fingerprint density at radius 2 is 1.83 bits per heavy atom. The van der Waals surface area contributed by atoms with Crippen LogP contribution in [0.3, 0.4) is 0 Å². The number of hydrogen-bond acceptors (Lipinski definition) is 3. The number of aromatic nitrogens is 1. The molecular formula is C29H36Cl2FN3O. The van der Waals surface area contributed by atoms with Gasteiger partial charge in [-0.3, -0.25) is 9.80 Å². The molecule has 5 rings (SSSR count). The lowest BCUT2D eigenvalue weighted by atomic mass is 9.87. The topological polar surface area (TPSA) is 31.5 Å². The molecule has 0 spiro atoms. The third kappa shape index (κ3) is 5.13. The minimum Gasteiger partial charge on any atom is -0.492 e. The van der Waals surface area contributed by atoms with Crippen LogP contribution in [0.4, 0.5) is 4.39 Å². The standard InChI is InChI=1S/C29H36Cl2FN3O/c1-5-19-15-34(16-19)10-11-36-20-13-23(30)26(24(31)14-20)28-27-22(21-8-6-7-9-25(21)33-27)12-18(2)35(28)17-29(3,4)32/h6-9,13-14,18-19,28,33H,5,10-12,15-17H2,1-4H3/t18-,28-/m1/s1. The molecule has 1 saturated heterocycles. The number of ether oxygens (including phenoxy) is 1. The van der Waals surface area contributed by atoms with Crippen molar-refractivity contribution in [2.75, 3.05) is 32.8 Å².